The molecule has 4 aliphatic rings. The van der Waals surface area contributed by atoms with Gasteiger partial charge in [0.1, 0.15) is 11.5 Å². The molecular formula is C18H22N4O4. The first kappa shape index (κ1) is 16.0. The van der Waals surface area contributed by atoms with Crippen LogP contribution in [-0.2, 0) is 9.53 Å². The maximum absolute atomic E-state index is 12.7. The van der Waals surface area contributed by atoms with Crippen LogP contribution in [0.2, 0.25) is 0 Å². The van der Waals surface area contributed by atoms with Crippen LogP contribution in [0.15, 0.2) is 10.9 Å². The van der Waals surface area contributed by atoms with Crippen LogP contribution >= 0.6 is 0 Å². The molecule has 2 amide bonds. The summed E-state index contributed by atoms with van der Waals surface area (Å²) in [7, 11) is 0. The molecule has 0 aromatic carbocycles. The third-order valence-electron chi connectivity index (χ3n) is 6.03. The number of piperidine rings is 1. The number of nitrogens with one attached hydrogen (secondary N) is 2. The highest BCUT2D eigenvalue weighted by atomic mass is 16.5. The second-order valence-corrected chi connectivity index (χ2v) is 7.92. The molecule has 0 radical (unpaired) electrons. The third-order valence-corrected chi connectivity index (χ3v) is 6.03. The molecular weight excluding hydrogens is 336 g/mol. The quantitative estimate of drug-likeness (QED) is 0.780. The first-order chi connectivity index (χ1) is 12.6. The molecule has 0 bridgehead atoms. The van der Waals surface area contributed by atoms with Gasteiger partial charge < -0.3 is 19.9 Å². The monoisotopic (exact) mass is 358 g/mol. The predicted molar refractivity (Wildman–Crippen MR) is 90.6 cm³/mol. The molecule has 2 unspecified atom stereocenters. The van der Waals surface area contributed by atoms with Gasteiger partial charge in [-0.1, -0.05) is 0 Å². The van der Waals surface area contributed by atoms with Crippen molar-refractivity contribution in [2.75, 3.05) is 26.3 Å². The Hall–Kier alpha value is -2.22. The minimum atomic E-state index is -0.265. The van der Waals surface area contributed by atoms with Gasteiger partial charge in [0.15, 0.2) is 0 Å². The molecule has 4 atom stereocenters. The van der Waals surface area contributed by atoms with Crippen molar-refractivity contribution in [2.45, 2.75) is 31.2 Å². The molecule has 5 rings (SSSR count). The predicted octanol–water partition coefficient (Wildman–Crippen LogP) is -0.130. The van der Waals surface area contributed by atoms with Crippen molar-refractivity contribution in [1.82, 2.24) is 20.2 Å². The molecule has 2 N–H and O–H groups in total. The number of carbonyl (C=O) groups excluding carboxylic acids is 2. The van der Waals surface area contributed by atoms with E-state index in [-0.39, 0.29) is 35.0 Å². The number of carbonyl (C=O) groups is 2. The third kappa shape index (κ3) is 2.82. The van der Waals surface area contributed by atoms with Gasteiger partial charge in [-0.3, -0.25) is 14.4 Å². The Morgan fingerprint density at radius 3 is 2.65 bits per heavy atom. The van der Waals surface area contributed by atoms with E-state index in [1.807, 2.05) is 0 Å². The van der Waals surface area contributed by atoms with Gasteiger partial charge in [0.05, 0.1) is 12.5 Å². The SMILES string of the molecule is O=C(NC1[C@H]2CN(C(=O)c3cc(=O)[nH]c(C4CC4)n3)C[C@@H]12)C1CCOC1. The zero-order valence-electron chi connectivity index (χ0n) is 14.4. The molecule has 4 fully saturated rings. The number of likely N-dealkylation sites (tertiary alicyclic amines) is 1. The van der Waals surface area contributed by atoms with E-state index < -0.39 is 0 Å². The maximum atomic E-state index is 12.7. The van der Waals surface area contributed by atoms with Gasteiger partial charge in [-0.15, -0.1) is 0 Å². The fraction of sp³-hybridized carbons (Fsp3) is 0.667. The Balaban J connectivity index is 1.20. The van der Waals surface area contributed by atoms with Crippen LogP contribution in [0.1, 0.15) is 41.5 Å². The molecule has 2 aliphatic heterocycles. The van der Waals surface area contributed by atoms with E-state index in [2.05, 4.69) is 15.3 Å². The summed E-state index contributed by atoms with van der Waals surface area (Å²) in [5, 5.41) is 3.11. The molecule has 3 heterocycles. The maximum Gasteiger partial charge on any atom is 0.272 e. The fourth-order valence-electron chi connectivity index (χ4n) is 4.23. The largest absolute Gasteiger partial charge is 0.381 e. The second kappa shape index (κ2) is 5.90. The van der Waals surface area contributed by atoms with Crippen LogP contribution in [0.4, 0.5) is 0 Å². The average Bonchev–Trinajstić information content (AvgIpc) is 3.44. The van der Waals surface area contributed by atoms with Crippen molar-refractivity contribution < 1.29 is 14.3 Å². The van der Waals surface area contributed by atoms with Gasteiger partial charge in [-0.25, -0.2) is 4.98 Å². The number of aromatic nitrogens is 2. The van der Waals surface area contributed by atoms with Gasteiger partial charge in [0.2, 0.25) is 5.91 Å². The first-order valence-electron chi connectivity index (χ1n) is 9.39. The Morgan fingerprint density at radius 2 is 2.00 bits per heavy atom. The lowest BCUT2D eigenvalue weighted by Gasteiger charge is -2.20. The highest BCUT2D eigenvalue weighted by molar-refractivity contribution is 5.92. The summed E-state index contributed by atoms with van der Waals surface area (Å²) in [5.41, 5.74) is -0.0285. The molecule has 138 valence electrons. The number of hydrogen-bond donors (Lipinski definition) is 2. The van der Waals surface area contributed by atoms with Crippen LogP contribution < -0.4 is 10.9 Å². The number of hydrogen-bond acceptors (Lipinski definition) is 5. The zero-order valence-corrected chi connectivity index (χ0v) is 14.4. The Bertz CT molecular complexity index is 800. The van der Waals surface area contributed by atoms with E-state index in [1.54, 1.807) is 4.90 Å². The van der Waals surface area contributed by atoms with Crippen LogP contribution in [0.5, 0.6) is 0 Å². The minimum absolute atomic E-state index is 0.0323. The lowest BCUT2D eigenvalue weighted by atomic mass is 10.1. The van der Waals surface area contributed by atoms with Gasteiger partial charge >= 0.3 is 0 Å². The standard InChI is InChI=1S/C18H22N4O4/c23-14-5-13(19-16(20-14)9-1-2-9)18(25)22-6-11-12(7-22)15(11)21-17(24)10-3-4-26-8-10/h5,9-12,15H,1-4,6-8H2,(H,21,24)(H,19,20,23)/t10?,11-,12+,15?. The Morgan fingerprint density at radius 1 is 1.23 bits per heavy atom. The van der Waals surface area contributed by atoms with E-state index in [4.69, 9.17) is 4.74 Å². The number of aromatic amines is 1. The summed E-state index contributed by atoms with van der Waals surface area (Å²) in [4.78, 5) is 45.6. The summed E-state index contributed by atoms with van der Waals surface area (Å²) in [5.74, 6) is 1.42. The summed E-state index contributed by atoms with van der Waals surface area (Å²) in [6.07, 6.45) is 2.82. The van der Waals surface area contributed by atoms with E-state index >= 15 is 0 Å². The van der Waals surface area contributed by atoms with Crippen molar-refractivity contribution in [2.24, 2.45) is 17.8 Å². The van der Waals surface area contributed by atoms with Crippen molar-refractivity contribution in [3.63, 3.8) is 0 Å². The van der Waals surface area contributed by atoms with Crippen molar-refractivity contribution in [3.8, 4) is 0 Å². The summed E-state index contributed by atoms with van der Waals surface area (Å²) in [6, 6.07) is 1.46. The Kier molecular flexibility index (Phi) is 3.63. The molecule has 26 heavy (non-hydrogen) atoms. The van der Waals surface area contributed by atoms with E-state index in [0.717, 1.165) is 19.3 Å². The van der Waals surface area contributed by atoms with Crippen molar-refractivity contribution in [3.05, 3.63) is 27.9 Å². The topological polar surface area (TPSA) is 104 Å². The lowest BCUT2D eigenvalue weighted by Crippen LogP contribution is -2.40. The summed E-state index contributed by atoms with van der Waals surface area (Å²) in [6.45, 7) is 2.39. The van der Waals surface area contributed by atoms with Crippen LogP contribution in [0.3, 0.4) is 0 Å². The van der Waals surface area contributed by atoms with Gasteiger partial charge in [0, 0.05) is 49.6 Å². The molecule has 2 aliphatic carbocycles. The number of H-pyrrole nitrogens is 1. The minimum Gasteiger partial charge on any atom is -0.381 e. The highest BCUT2D eigenvalue weighted by Gasteiger charge is 2.57. The average molecular weight is 358 g/mol. The molecule has 1 aromatic rings. The molecule has 1 aromatic heterocycles. The number of rotatable bonds is 4. The molecule has 8 heteroatoms. The summed E-state index contributed by atoms with van der Waals surface area (Å²) >= 11 is 0. The van der Waals surface area contributed by atoms with E-state index in [0.29, 0.717) is 49.9 Å². The van der Waals surface area contributed by atoms with Gasteiger partial charge in [0.25, 0.3) is 11.5 Å². The fourth-order valence-corrected chi connectivity index (χ4v) is 4.23. The van der Waals surface area contributed by atoms with Crippen LogP contribution in [0, 0.1) is 17.8 Å². The smallest absolute Gasteiger partial charge is 0.272 e. The van der Waals surface area contributed by atoms with Crippen LogP contribution in [-0.4, -0.2) is 59.0 Å². The molecule has 2 saturated carbocycles. The molecule has 0 spiro atoms. The molecule has 8 nitrogen and oxygen atoms in total. The normalized spacial score (nSPS) is 32.4. The number of fused-ring (bicyclic) bond motifs is 1. The van der Waals surface area contributed by atoms with E-state index in [1.165, 1.54) is 6.07 Å². The van der Waals surface area contributed by atoms with Gasteiger partial charge in [-0.05, 0) is 19.3 Å². The number of ether oxygens (including phenoxy) is 1. The van der Waals surface area contributed by atoms with Crippen LogP contribution in [0.25, 0.3) is 0 Å². The molecule has 2 saturated heterocycles. The zero-order chi connectivity index (χ0) is 17.8. The highest BCUT2D eigenvalue weighted by Crippen LogP contribution is 2.46. The number of amides is 2. The second-order valence-electron chi connectivity index (χ2n) is 7.92. The van der Waals surface area contributed by atoms with Crippen molar-refractivity contribution in [1.29, 1.82) is 0 Å². The lowest BCUT2D eigenvalue weighted by molar-refractivity contribution is -0.125. The number of nitrogens with zero attached hydrogens (tertiary/aromatic N) is 2. The summed E-state index contributed by atoms with van der Waals surface area (Å²) < 4.78 is 5.26. The van der Waals surface area contributed by atoms with E-state index in [9.17, 15) is 14.4 Å². The van der Waals surface area contributed by atoms with Crippen molar-refractivity contribution >= 4 is 11.8 Å². The Labute approximate surface area is 150 Å². The van der Waals surface area contributed by atoms with Gasteiger partial charge in [-0.2, -0.15) is 0 Å². The first-order valence-corrected chi connectivity index (χ1v) is 9.39.